The van der Waals surface area contributed by atoms with Crippen LogP contribution in [0.3, 0.4) is 0 Å². The fourth-order valence-corrected chi connectivity index (χ4v) is 4.12. The molecule has 2 aliphatic heterocycles. The maximum atomic E-state index is 13.5. The van der Waals surface area contributed by atoms with Crippen molar-refractivity contribution in [1.82, 2.24) is 5.32 Å². The SMILES string of the molecule is O=C1C(NC2CCSCC2)CCN1c1ccc(Cl)c(F)c1. The summed E-state index contributed by atoms with van der Waals surface area (Å²) in [6, 6.07) is 4.82. The van der Waals surface area contributed by atoms with Gasteiger partial charge in [0.25, 0.3) is 0 Å². The first kappa shape index (κ1) is 15.1. The van der Waals surface area contributed by atoms with Gasteiger partial charge in [-0.25, -0.2) is 4.39 Å². The number of nitrogens with zero attached hydrogens (tertiary/aromatic N) is 1. The van der Waals surface area contributed by atoms with Crippen LogP contribution in [-0.2, 0) is 4.79 Å². The van der Waals surface area contributed by atoms with Gasteiger partial charge < -0.3 is 10.2 Å². The molecule has 1 aromatic rings. The number of carbonyl (C=O) groups excluding carboxylic acids is 1. The summed E-state index contributed by atoms with van der Waals surface area (Å²) < 4.78 is 13.5. The average molecular weight is 329 g/mol. The second-order valence-electron chi connectivity index (χ2n) is 5.48. The highest BCUT2D eigenvalue weighted by Gasteiger charge is 2.34. The van der Waals surface area contributed by atoms with Gasteiger partial charge in [-0.15, -0.1) is 0 Å². The molecule has 0 aliphatic carbocycles. The number of halogens is 2. The quantitative estimate of drug-likeness (QED) is 0.925. The lowest BCUT2D eigenvalue weighted by Crippen LogP contribution is -2.45. The van der Waals surface area contributed by atoms with E-state index in [1.807, 2.05) is 11.8 Å². The molecule has 0 aromatic heterocycles. The molecule has 2 aliphatic rings. The van der Waals surface area contributed by atoms with E-state index < -0.39 is 5.82 Å². The van der Waals surface area contributed by atoms with Crippen molar-refractivity contribution in [3.8, 4) is 0 Å². The molecule has 114 valence electrons. The first-order valence-corrected chi connectivity index (χ1v) is 8.78. The maximum absolute atomic E-state index is 13.5. The van der Waals surface area contributed by atoms with E-state index in [2.05, 4.69) is 5.32 Å². The molecule has 1 N–H and O–H groups in total. The maximum Gasteiger partial charge on any atom is 0.244 e. The third-order valence-electron chi connectivity index (χ3n) is 4.08. The Hall–Kier alpha value is -0.780. The summed E-state index contributed by atoms with van der Waals surface area (Å²) in [6.07, 6.45) is 3.00. The summed E-state index contributed by atoms with van der Waals surface area (Å²) in [5.41, 5.74) is 0.588. The van der Waals surface area contributed by atoms with Crippen LogP contribution >= 0.6 is 23.4 Å². The highest BCUT2D eigenvalue weighted by atomic mass is 35.5. The summed E-state index contributed by atoms with van der Waals surface area (Å²) in [6.45, 7) is 0.624. The molecular formula is C15H18ClFN2OS. The number of hydrogen-bond donors (Lipinski definition) is 1. The molecule has 1 unspecified atom stereocenters. The second kappa shape index (κ2) is 6.55. The van der Waals surface area contributed by atoms with Crippen molar-refractivity contribution in [3.63, 3.8) is 0 Å². The van der Waals surface area contributed by atoms with Crippen LogP contribution in [0.1, 0.15) is 19.3 Å². The van der Waals surface area contributed by atoms with Crippen molar-refractivity contribution in [2.24, 2.45) is 0 Å². The number of amides is 1. The van der Waals surface area contributed by atoms with Crippen LogP contribution < -0.4 is 10.2 Å². The number of hydrogen-bond acceptors (Lipinski definition) is 3. The molecule has 1 aromatic carbocycles. The third kappa shape index (κ3) is 3.35. The van der Waals surface area contributed by atoms with Crippen molar-refractivity contribution in [2.75, 3.05) is 23.0 Å². The van der Waals surface area contributed by atoms with Crippen molar-refractivity contribution in [1.29, 1.82) is 0 Å². The molecule has 2 heterocycles. The fourth-order valence-electron chi connectivity index (χ4n) is 2.89. The molecule has 2 fully saturated rings. The van der Waals surface area contributed by atoms with Gasteiger partial charge >= 0.3 is 0 Å². The number of rotatable bonds is 3. The molecule has 21 heavy (non-hydrogen) atoms. The first-order valence-electron chi connectivity index (χ1n) is 7.25. The first-order chi connectivity index (χ1) is 10.1. The minimum absolute atomic E-state index is 0.0370. The van der Waals surface area contributed by atoms with E-state index >= 15 is 0 Å². The Kier molecular flexibility index (Phi) is 4.72. The van der Waals surface area contributed by atoms with Crippen molar-refractivity contribution in [2.45, 2.75) is 31.3 Å². The van der Waals surface area contributed by atoms with Crippen molar-refractivity contribution < 1.29 is 9.18 Å². The van der Waals surface area contributed by atoms with Crippen LogP contribution in [0.15, 0.2) is 18.2 Å². The van der Waals surface area contributed by atoms with Crippen LogP contribution in [0.4, 0.5) is 10.1 Å². The van der Waals surface area contributed by atoms with Crippen LogP contribution in [0, 0.1) is 5.82 Å². The van der Waals surface area contributed by atoms with Gasteiger partial charge in [-0.3, -0.25) is 4.79 Å². The van der Waals surface area contributed by atoms with Gasteiger partial charge in [0.1, 0.15) is 5.82 Å². The van der Waals surface area contributed by atoms with E-state index in [1.165, 1.54) is 12.1 Å². The number of thioether (sulfide) groups is 1. The lowest BCUT2D eigenvalue weighted by molar-refractivity contribution is -0.119. The Morgan fingerprint density at radius 1 is 1.29 bits per heavy atom. The van der Waals surface area contributed by atoms with Crippen molar-refractivity contribution >= 4 is 35.0 Å². The van der Waals surface area contributed by atoms with Gasteiger partial charge in [-0.1, -0.05) is 11.6 Å². The predicted molar refractivity (Wildman–Crippen MR) is 85.7 cm³/mol. The minimum atomic E-state index is -0.484. The van der Waals surface area contributed by atoms with Crippen LogP contribution in [0.2, 0.25) is 5.02 Å². The summed E-state index contributed by atoms with van der Waals surface area (Å²) in [5.74, 6) is 1.87. The summed E-state index contributed by atoms with van der Waals surface area (Å²) >= 11 is 7.66. The predicted octanol–water partition coefficient (Wildman–Crippen LogP) is 3.07. The Morgan fingerprint density at radius 3 is 2.76 bits per heavy atom. The molecule has 1 atom stereocenters. The summed E-state index contributed by atoms with van der Waals surface area (Å²) in [7, 11) is 0. The lowest BCUT2D eigenvalue weighted by atomic mass is 10.1. The number of carbonyl (C=O) groups is 1. The van der Waals surface area contributed by atoms with Crippen LogP contribution in [0.5, 0.6) is 0 Å². The van der Waals surface area contributed by atoms with E-state index in [9.17, 15) is 9.18 Å². The molecule has 2 saturated heterocycles. The average Bonchev–Trinajstić information content (AvgIpc) is 2.84. The van der Waals surface area contributed by atoms with Gasteiger partial charge in [0.05, 0.1) is 11.1 Å². The smallest absolute Gasteiger partial charge is 0.244 e. The largest absolute Gasteiger partial charge is 0.311 e. The Bertz CT molecular complexity index is 536. The number of benzene rings is 1. The zero-order valence-corrected chi connectivity index (χ0v) is 13.2. The number of anilines is 1. The normalized spacial score (nSPS) is 23.8. The topological polar surface area (TPSA) is 32.3 Å². The van der Waals surface area contributed by atoms with Gasteiger partial charge in [0, 0.05) is 18.3 Å². The summed E-state index contributed by atoms with van der Waals surface area (Å²) in [4.78, 5) is 14.1. The van der Waals surface area contributed by atoms with Gasteiger partial charge in [0.2, 0.25) is 5.91 Å². The Labute approximate surface area is 133 Å². The molecule has 0 bridgehead atoms. The molecule has 0 saturated carbocycles. The van der Waals surface area contributed by atoms with Gasteiger partial charge in [-0.2, -0.15) is 11.8 Å². The molecule has 6 heteroatoms. The molecular weight excluding hydrogens is 311 g/mol. The highest BCUT2D eigenvalue weighted by molar-refractivity contribution is 7.99. The Morgan fingerprint density at radius 2 is 2.05 bits per heavy atom. The molecule has 0 spiro atoms. The molecule has 3 rings (SSSR count). The van der Waals surface area contributed by atoms with E-state index in [-0.39, 0.29) is 17.0 Å². The fraction of sp³-hybridized carbons (Fsp3) is 0.533. The Balaban J connectivity index is 1.66. The zero-order chi connectivity index (χ0) is 14.8. The van der Waals surface area contributed by atoms with E-state index in [0.29, 0.717) is 18.3 Å². The minimum Gasteiger partial charge on any atom is -0.311 e. The van der Waals surface area contributed by atoms with Crippen molar-refractivity contribution in [3.05, 3.63) is 29.0 Å². The standard InChI is InChI=1S/C15H18ClFN2OS/c16-12-2-1-11(9-13(12)17)19-6-3-14(15(19)20)18-10-4-7-21-8-5-10/h1-2,9-10,14,18H,3-8H2. The van der Waals surface area contributed by atoms with Crippen LogP contribution in [0.25, 0.3) is 0 Å². The molecule has 0 radical (unpaired) electrons. The van der Waals surface area contributed by atoms with E-state index in [1.54, 1.807) is 11.0 Å². The van der Waals surface area contributed by atoms with Gasteiger partial charge in [-0.05, 0) is 49.0 Å². The molecule has 3 nitrogen and oxygen atoms in total. The monoisotopic (exact) mass is 328 g/mol. The zero-order valence-electron chi connectivity index (χ0n) is 11.6. The summed E-state index contributed by atoms with van der Waals surface area (Å²) in [5, 5.41) is 3.55. The number of nitrogens with one attached hydrogen (secondary N) is 1. The third-order valence-corrected chi connectivity index (χ3v) is 5.43. The van der Waals surface area contributed by atoms with Gasteiger partial charge in [0.15, 0.2) is 0 Å². The van der Waals surface area contributed by atoms with E-state index in [4.69, 9.17) is 11.6 Å². The second-order valence-corrected chi connectivity index (χ2v) is 7.11. The van der Waals surface area contributed by atoms with E-state index in [0.717, 1.165) is 30.8 Å². The lowest BCUT2D eigenvalue weighted by Gasteiger charge is -2.25. The van der Waals surface area contributed by atoms with Crippen LogP contribution in [-0.4, -0.2) is 36.0 Å². The molecule has 1 amide bonds. The highest BCUT2D eigenvalue weighted by Crippen LogP contribution is 2.26.